The maximum atomic E-state index is 12.1. The van der Waals surface area contributed by atoms with Crippen LogP contribution in [0.25, 0.3) is 0 Å². The summed E-state index contributed by atoms with van der Waals surface area (Å²) in [5.74, 6) is 1.11. The molecule has 2 N–H and O–H groups in total. The standard InChI is InChI=1S/C14H14ClN5O2/c1-7-4-17-8(3-10(7)22-2)5-20-6-9(21)11-12(15)18-14(16)19-13(11)20/h3-4H,5-6H2,1-2H3,(H2,16,18,19). The van der Waals surface area contributed by atoms with E-state index in [2.05, 4.69) is 15.0 Å². The van der Waals surface area contributed by atoms with E-state index in [9.17, 15) is 4.79 Å². The van der Waals surface area contributed by atoms with Gasteiger partial charge in [0, 0.05) is 17.8 Å². The molecule has 8 heteroatoms. The van der Waals surface area contributed by atoms with Crippen molar-refractivity contribution in [1.82, 2.24) is 15.0 Å². The van der Waals surface area contributed by atoms with Gasteiger partial charge in [-0.25, -0.2) is 4.98 Å². The highest BCUT2D eigenvalue weighted by Gasteiger charge is 2.32. The average molecular weight is 320 g/mol. The fourth-order valence-corrected chi connectivity index (χ4v) is 2.69. The predicted octanol–water partition coefficient (Wildman–Crippen LogP) is 1.63. The summed E-state index contributed by atoms with van der Waals surface area (Å²) in [7, 11) is 1.61. The predicted molar refractivity (Wildman–Crippen MR) is 82.4 cm³/mol. The normalized spacial score (nSPS) is 13.4. The van der Waals surface area contributed by atoms with Gasteiger partial charge in [-0.15, -0.1) is 0 Å². The van der Waals surface area contributed by atoms with E-state index in [0.717, 1.165) is 17.0 Å². The Kier molecular flexibility index (Phi) is 3.58. The lowest BCUT2D eigenvalue weighted by Gasteiger charge is -2.17. The molecule has 3 heterocycles. The van der Waals surface area contributed by atoms with E-state index in [4.69, 9.17) is 22.1 Å². The molecule has 7 nitrogen and oxygen atoms in total. The third-order valence-corrected chi connectivity index (χ3v) is 3.73. The Balaban J connectivity index is 1.94. The van der Waals surface area contributed by atoms with Crippen molar-refractivity contribution in [3.05, 3.63) is 34.2 Å². The number of pyridine rings is 1. The molecule has 3 rings (SSSR count). The lowest BCUT2D eigenvalue weighted by molar-refractivity contribution is 0.101. The Morgan fingerprint density at radius 3 is 2.95 bits per heavy atom. The first-order chi connectivity index (χ1) is 10.5. The number of fused-ring (bicyclic) bond motifs is 1. The van der Waals surface area contributed by atoms with Crippen molar-refractivity contribution >= 4 is 29.2 Å². The van der Waals surface area contributed by atoms with Crippen molar-refractivity contribution in [3.63, 3.8) is 0 Å². The van der Waals surface area contributed by atoms with E-state index in [1.54, 1.807) is 18.2 Å². The number of anilines is 2. The number of ketones is 1. The number of carbonyl (C=O) groups is 1. The smallest absolute Gasteiger partial charge is 0.223 e. The number of nitrogen functional groups attached to an aromatic ring is 1. The van der Waals surface area contributed by atoms with Crippen LogP contribution in [0.3, 0.4) is 0 Å². The van der Waals surface area contributed by atoms with E-state index in [-0.39, 0.29) is 23.4 Å². The second-order valence-electron chi connectivity index (χ2n) is 5.00. The molecule has 114 valence electrons. The number of carbonyl (C=O) groups excluding carboxylic acids is 1. The highest BCUT2D eigenvalue weighted by molar-refractivity contribution is 6.34. The average Bonchev–Trinajstić information content (AvgIpc) is 2.77. The second-order valence-corrected chi connectivity index (χ2v) is 5.35. The topological polar surface area (TPSA) is 94.2 Å². The van der Waals surface area contributed by atoms with Crippen LogP contribution in [0, 0.1) is 6.92 Å². The van der Waals surface area contributed by atoms with Crippen LogP contribution in [0.4, 0.5) is 11.8 Å². The Morgan fingerprint density at radius 2 is 2.23 bits per heavy atom. The van der Waals surface area contributed by atoms with Crippen molar-refractivity contribution in [3.8, 4) is 5.75 Å². The molecular formula is C14H14ClN5O2. The number of hydrogen-bond donors (Lipinski definition) is 1. The minimum atomic E-state index is -0.126. The zero-order valence-corrected chi connectivity index (χ0v) is 12.9. The SMILES string of the molecule is COc1cc(CN2CC(=O)c3c(Cl)nc(N)nc32)ncc1C. The number of methoxy groups -OCH3 is 1. The molecule has 0 radical (unpaired) electrons. The van der Waals surface area contributed by atoms with Gasteiger partial charge in [0.15, 0.2) is 5.78 Å². The second kappa shape index (κ2) is 5.42. The van der Waals surface area contributed by atoms with Crippen molar-refractivity contribution < 1.29 is 9.53 Å². The van der Waals surface area contributed by atoms with Crippen LogP contribution >= 0.6 is 11.6 Å². The van der Waals surface area contributed by atoms with Gasteiger partial charge in [0.2, 0.25) is 5.95 Å². The van der Waals surface area contributed by atoms with Crippen LogP contribution in [0.1, 0.15) is 21.6 Å². The first-order valence-corrected chi connectivity index (χ1v) is 6.98. The number of aromatic nitrogens is 3. The van der Waals surface area contributed by atoms with Crippen LogP contribution in [0.5, 0.6) is 5.75 Å². The van der Waals surface area contributed by atoms with Gasteiger partial charge in [0.1, 0.15) is 16.7 Å². The number of Topliss-reactive ketones (excluding diaryl/α,β-unsaturated/α-hetero) is 1. The van der Waals surface area contributed by atoms with Crippen molar-refractivity contribution in [2.75, 3.05) is 24.3 Å². The minimum Gasteiger partial charge on any atom is -0.496 e. The first kappa shape index (κ1) is 14.5. The molecule has 0 fully saturated rings. The number of ether oxygens (including phenoxy) is 1. The fourth-order valence-electron chi connectivity index (χ4n) is 2.41. The van der Waals surface area contributed by atoms with E-state index < -0.39 is 0 Å². The van der Waals surface area contributed by atoms with Crippen molar-refractivity contribution in [1.29, 1.82) is 0 Å². The van der Waals surface area contributed by atoms with Crippen LogP contribution in [-0.4, -0.2) is 34.4 Å². The van der Waals surface area contributed by atoms with Gasteiger partial charge in [-0.1, -0.05) is 11.6 Å². The van der Waals surface area contributed by atoms with Crippen molar-refractivity contribution in [2.24, 2.45) is 0 Å². The van der Waals surface area contributed by atoms with Gasteiger partial charge in [-0.05, 0) is 6.92 Å². The maximum absolute atomic E-state index is 12.1. The summed E-state index contributed by atoms with van der Waals surface area (Å²) >= 11 is 5.99. The summed E-state index contributed by atoms with van der Waals surface area (Å²) in [6, 6.07) is 1.84. The minimum absolute atomic E-state index is 0.0397. The molecule has 0 unspecified atom stereocenters. The molecule has 0 bridgehead atoms. The highest BCUT2D eigenvalue weighted by Crippen LogP contribution is 2.32. The number of rotatable bonds is 3. The van der Waals surface area contributed by atoms with Gasteiger partial charge in [-0.2, -0.15) is 4.98 Å². The molecule has 0 aromatic carbocycles. The molecular weight excluding hydrogens is 306 g/mol. The number of halogens is 1. The maximum Gasteiger partial charge on any atom is 0.223 e. The third-order valence-electron chi connectivity index (χ3n) is 3.46. The first-order valence-electron chi connectivity index (χ1n) is 6.60. The molecule has 2 aromatic rings. The van der Waals surface area contributed by atoms with Crippen LogP contribution in [0.2, 0.25) is 5.15 Å². The Bertz CT molecular complexity index is 765. The lowest BCUT2D eigenvalue weighted by atomic mass is 10.2. The summed E-state index contributed by atoms with van der Waals surface area (Å²) in [6.45, 7) is 2.49. The molecule has 0 amide bonds. The largest absolute Gasteiger partial charge is 0.496 e. The van der Waals surface area contributed by atoms with E-state index >= 15 is 0 Å². The Labute approximate surface area is 132 Å². The molecule has 2 aromatic heterocycles. The quantitative estimate of drug-likeness (QED) is 0.859. The van der Waals surface area contributed by atoms with Gasteiger partial charge >= 0.3 is 0 Å². The van der Waals surface area contributed by atoms with Gasteiger partial charge in [0.05, 0.1) is 31.5 Å². The Morgan fingerprint density at radius 1 is 1.45 bits per heavy atom. The summed E-state index contributed by atoms with van der Waals surface area (Å²) in [6.07, 6.45) is 1.73. The molecule has 0 saturated carbocycles. The zero-order valence-electron chi connectivity index (χ0n) is 12.1. The van der Waals surface area contributed by atoms with Crippen LogP contribution in [0.15, 0.2) is 12.3 Å². The molecule has 0 aliphatic carbocycles. The van der Waals surface area contributed by atoms with E-state index in [1.807, 2.05) is 13.0 Å². The number of nitrogens with two attached hydrogens (primary N) is 1. The van der Waals surface area contributed by atoms with E-state index in [0.29, 0.717) is 17.9 Å². The molecule has 0 spiro atoms. The molecule has 1 aliphatic rings. The summed E-state index contributed by atoms with van der Waals surface area (Å²) in [5, 5.41) is 0.0874. The van der Waals surface area contributed by atoms with Crippen LogP contribution < -0.4 is 15.4 Å². The molecule has 0 atom stereocenters. The molecule has 22 heavy (non-hydrogen) atoms. The summed E-state index contributed by atoms with van der Waals surface area (Å²) in [4.78, 5) is 26.2. The van der Waals surface area contributed by atoms with Gasteiger partial charge in [-0.3, -0.25) is 9.78 Å². The van der Waals surface area contributed by atoms with Crippen molar-refractivity contribution in [2.45, 2.75) is 13.5 Å². The molecule has 0 saturated heterocycles. The number of nitrogens with zero attached hydrogens (tertiary/aromatic N) is 4. The Hall–Kier alpha value is -2.41. The van der Waals surface area contributed by atoms with E-state index in [1.165, 1.54) is 0 Å². The lowest BCUT2D eigenvalue weighted by Crippen LogP contribution is -2.23. The fraction of sp³-hybridized carbons (Fsp3) is 0.286. The number of hydrogen-bond acceptors (Lipinski definition) is 7. The highest BCUT2D eigenvalue weighted by atomic mass is 35.5. The van der Waals surface area contributed by atoms with Crippen LogP contribution in [-0.2, 0) is 6.54 Å². The summed E-state index contributed by atoms with van der Waals surface area (Å²) in [5.41, 5.74) is 7.64. The zero-order chi connectivity index (χ0) is 15.9. The monoisotopic (exact) mass is 319 g/mol. The van der Waals surface area contributed by atoms with Gasteiger partial charge < -0.3 is 15.4 Å². The number of aryl methyl sites for hydroxylation is 1. The molecule has 1 aliphatic heterocycles. The summed E-state index contributed by atoms with van der Waals surface area (Å²) < 4.78 is 5.29. The van der Waals surface area contributed by atoms with Gasteiger partial charge in [0.25, 0.3) is 0 Å². The third kappa shape index (κ3) is 2.43.